The minimum atomic E-state index is -0.0745. The second-order valence-electron chi connectivity index (χ2n) is 9.93. The number of anilines is 1. The van der Waals surface area contributed by atoms with Crippen molar-refractivity contribution in [2.75, 3.05) is 5.32 Å². The van der Waals surface area contributed by atoms with Gasteiger partial charge in [0.25, 0.3) is 0 Å². The number of aromatic nitrogens is 2. The van der Waals surface area contributed by atoms with Crippen LogP contribution in [0.4, 0.5) is 11.5 Å². The second kappa shape index (κ2) is 9.61. The summed E-state index contributed by atoms with van der Waals surface area (Å²) in [5.41, 5.74) is 6.18. The fourth-order valence-electron chi connectivity index (χ4n) is 5.66. The number of nitrogens with one attached hydrogen (secondary N) is 1. The molecular weight excluding hydrogens is 448 g/mol. The molecule has 1 heterocycles. The zero-order chi connectivity index (χ0) is 24.5. The Morgan fingerprint density at radius 3 is 2.58 bits per heavy atom. The van der Waals surface area contributed by atoms with E-state index in [1.807, 2.05) is 30.3 Å². The third-order valence-electron chi connectivity index (χ3n) is 7.50. The number of fused-ring (bicyclic) bond motifs is 4. The lowest BCUT2D eigenvalue weighted by atomic mass is 9.85. The van der Waals surface area contributed by atoms with Crippen LogP contribution in [0.3, 0.4) is 0 Å². The molecule has 0 bridgehead atoms. The van der Waals surface area contributed by atoms with Gasteiger partial charge in [0.2, 0.25) is 5.91 Å². The van der Waals surface area contributed by atoms with E-state index in [9.17, 15) is 9.70 Å². The Bertz CT molecular complexity index is 1470. The van der Waals surface area contributed by atoms with E-state index in [2.05, 4.69) is 34.8 Å². The van der Waals surface area contributed by atoms with Crippen molar-refractivity contribution in [2.45, 2.75) is 57.3 Å². The molecule has 1 N–H and O–H groups in total. The Labute approximate surface area is 210 Å². The van der Waals surface area contributed by atoms with Crippen LogP contribution in [-0.4, -0.2) is 15.9 Å². The van der Waals surface area contributed by atoms with Gasteiger partial charge in [-0.05, 0) is 64.9 Å². The molecule has 1 amide bonds. The number of carbonyl (C=O) groups excluding carboxylic acids is 1. The average molecular weight is 477 g/mol. The number of rotatable bonds is 5. The average Bonchev–Trinajstić information content (AvgIpc) is 2.92. The van der Waals surface area contributed by atoms with Gasteiger partial charge in [-0.25, -0.2) is 9.97 Å². The Balaban J connectivity index is 1.33. The number of carbonyl (C=O) groups is 1. The molecule has 1 aromatic heterocycles. The van der Waals surface area contributed by atoms with E-state index in [1.165, 1.54) is 19.3 Å². The van der Waals surface area contributed by atoms with Gasteiger partial charge in [-0.3, -0.25) is 4.79 Å². The predicted molar refractivity (Wildman–Crippen MR) is 142 cm³/mol. The third kappa shape index (κ3) is 4.39. The normalized spacial score (nSPS) is 15.2. The van der Waals surface area contributed by atoms with E-state index in [0.717, 1.165) is 70.2 Å². The summed E-state index contributed by atoms with van der Waals surface area (Å²) in [5.74, 6) is 0.823. The smallest absolute Gasteiger partial charge is 0.229 e. The molecule has 180 valence electrons. The van der Waals surface area contributed by atoms with Gasteiger partial charge < -0.3 is 5.32 Å². The van der Waals surface area contributed by atoms with Crippen LogP contribution in [0.25, 0.3) is 22.0 Å². The summed E-state index contributed by atoms with van der Waals surface area (Å²) in [6.07, 6.45) is 7.46. The lowest BCUT2D eigenvalue weighted by Crippen LogP contribution is -2.21. The summed E-state index contributed by atoms with van der Waals surface area (Å²) in [7, 11) is 0. The molecule has 36 heavy (non-hydrogen) atoms. The molecule has 0 unspecified atom stereocenters. The first-order valence-corrected chi connectivity index (χ1v) is 12.8. The molecule has 6 nitrogen and oxygen atoms in total. The lowest BCUT2D eigenvalue weighted by molar-refractivity contribution is -0.115. The van der Waals surface area contributed by atoms with Gasteiger partial charge >= 0.3 is 0 Å². The molecule has 3 aromatic carbocycles. The summed E-state index contributed by atoms with van der Waals surface area (Å²) < 4.78 is 0. The Hall–Kier alpha value is -3.93. The van der Waals surface area contributed by atoms with E-state index in [4.69, 9.17) is 9.97 Å². The monoisotopic (exact) mass is 476 g/mol. The van der Waals surface area contributed by atoms with Crippen LogP contribution < -0.4 is 5.32 Å². The van der Waals surface area contributed by atoms with E-state index in [1.54, 1.807) is 6.07 Å². The number of benzene rings is 3. The summed E-state index contributed by atoms with van der Waals surface area (Å²) in [6, 6.07) is 19.9. The molecule has 1 fully saturated rings. The van der Waals surface area contributed by atoms with Crippen LogP contribution in [0.1, 0.15) is 60.5 Å². The first-order chi connectivity index (χ1) is 17.7. The fourth-order valence-corrected chi connectivity index (χ4v) is 5.66. The van der Waals surface area contributed by atoms with Gasteiger partial charge in [0, 0.05) is 11.5 Å². The maximum Gasteiger partial charge on any atom is 0.229 e. The van der Waals surface area contributed by atoms with Crippen LogP contribution >= 0.6 is 0 Å². The Morgan fingerprint density at radius 2 is 1.75 bits per heavy atom. The topological polar surface area (TPSA) is 84.3 Å². The molecule has 2 aliphatic carbocycles. The molecular formula is C30H28N4O2. The minimum absolute atomic E-state index is 0.0745. The quantitative estimate of drug-likeness (QED) is 0.314. The molecule has 0 atom stereocenters. The molecule has 0 radical (unpaired) electrons. The summed E-state index contributed by atoms with van der Waals surface area (Å²) in [4.78, 5) is 34.3. The highest BCUT2D eigenvalue weighted by Crippen LogP contribution is 2.39. The minimum Gasteiger partial charge on any atom is -0.309 e. The molecule has 0 saturated heterocycles. The molecule has 6 rings (SSSR count). The molecule has 4 aromatic rings. The van der Waals surface area contributed by atoms with Crippen molar-refractivity contribution >= 4 is 28.2 Å². The van der Waals surface area contributed by atoms with Crippen LogP contribution in [-0.2, 0) is 24.1 Å². The number of amides is 1. The third-order valence-corrected chi connectivity index (χ3v) is 7.50. The van der Waals surface area contributed by atoms with Crippen molar-refractivity contribution in [3.8, 4) is 11.3 Å². The molecule has 6 heteroatoms. The zero-order valence-electron chi connectivity index (χ0n) is 20.2. The Morgan fingerprint density at radius 1 is 0.917 bits per heavy atom. The van der Waals surface area contributed by atoms with E-state index >= 15 is 0 Å². The number of hydrogen-bond donors (Lipinski definition) is 1. The Kier molecular flexibility index (Phi) is 6.01. The van der Waals surface area contributed by atoms with E-state index in [-0.39, 0.29) is 18.2 Å². The summed E-state index contributed by atoms with van der Waals surface area (Å²) in [5, 5.41) is 8.51. The van der Waals surface area contributed by atoms with Crippen LogP contribution in [0.2, 0.25) is 0 Å². The van der Waals surface area contributed by atoms with E-state index in [0.29, 0.717) is 11.5 Å². The number of nitrogens with zero attached hydrogens (tertiary/aromatic N) is 3. The van der Waals surface area contributed by atoms with Gasteiger partial charge in [-0.2, -0.15) is 0 Å². The van der Waals surface area contributed by atoms with Crippen molar-refractivity contribution in [1.29, 1.82) is 0 Å². The summed E-state index contributed by atoms with van der Waals surface area (Å²) in [6.45, 7) is 0. The van der Waals surface area contributed by atoms with Crippen LogP contribution in [0.5, 0.6) is 0 Å². The van der Waals surface area contributed by atoms with Crippen molar-refractivity contribution in [2.24, 2.45) is 5.18 Å². The maximum absolute atomic E-state index is 13.2. The second-order valence-corrected chi connectivity index (χ2v) is 9.93. The van der Waals surface area contributed by atoms with Gasteiger partial charge in [0.05, 0.1) is 23.5 Å². The highest BCUT2D eigenvalue weighted by Gasteiger charge is 2.27. The molecule has 2 aliphatic rings. The maximum atomic E-state index is 13.2. The standard InChI is InChI=1S/C30H28N4O2/c35-27(17-19-10-11-20-6-4-5-9-22(20)16-19)32-30-28(21-7-2-1-3-8-21)33-29-25-14-13-24(34-36)18-23(25)12-15-26(29)31-30/h4-6,9-11,13-14,16,18,21H,1-3,7-8,12,15,17H2,(H,31,32,35). The van der Waals surface area contributed by atoms with Crippen LogP contribution in [0, 0.1) is 4.91 Å². The highest BCUT2D eigenvalue weighted by atomic mass is 16.3. The largest absolute Gasteiger partial charge is 0.309 e. The fraction of sp³-hybridized carbons (Fsp3) is 0.300. The van der Waals surface area contributed by atoms with Gasteiger partial charge in [0.1, 0.15) is 5.69 Å². The van der Waals surface area contributed by atoms with Crippen molar-refractivity contribution in [3.63, 3.8) is 0 Å². The number of hydrogen-bond acceptors (Lipinski definition) is 5. The van der Waals surface area contributed by atoms with Crippen LogP contribution in [0.15, 0.2) is 65.8 Å². The molecule has 1 saturated carbocycles. The van der Waals surface area contributed by atoms with Crippen molar-refractivity contribution < 1.29 is 4.79 Å². The summed E-state index contributed by atoms with van der Waals surface area (Å²) >= 11 is 0. The lowest BCUT2D eigenvalue weighted by Gasteiger charge is -2.26. The van der Waals surface area contributed by atoms with Gasteiger partial charge in [0.15, 0.2) is 5.82 Å². The first-order valence-electron chi connectivity index (χ1n) is 12.8. The van der Waals surface area contributed by atoms with Gasteiger partial charge in [-0.1, -0.05) is 67.8 Å². The van der Waals surface area contributed by atoms with Gasteiger partial charge in [-0.15, -0.1) is 4.91 Å². The SMILES string of the molecule is O=Nc1ccc2c(c1)CCc1nc(NC(=O)Cc3ccc4ccccc4c3)c(C3CCCCC3)nc1-2. The number of nitroso groups, excluding NO2 is 1. The zero-order valence-corrected chi connectivity index (χ0v) is 20.2. The molecule has 0 aliphatic heterocycles. The molecule has 0 spiro atoms. The van der Waals surface area contributed by atoms with Crippen molar-refractivity contribution in [1.82, 2.24) is 9.97 Å². The van der Waals surface area contributed by atoms with E-state index < -0.39 is 0 Å². The first kappa shape index (κ1) is 22.5. The number of aryl methyl sites for hydroxylation is 2. The highest BCUT2D eigenvalue weighted by molar-refractivity contribution is 5.93. The predicted octanol–water partition coefficient (Wildman–Crippen LogP) is 7.02. The van der Waals surface area contributed by atoms with Crippen molar-refractivity contribution in [3.05, 3.63) is 88.1 Å².